The van der Waals surface area contributed by atoms with Crippen LogP contribution < -0.4 is 10.1 Å². The Kier molecular flexibility index (Phi) is 4.91. The van der Waals surface area contributed by atoms with Crippen LogP contribution in [0.4, 0.5) is 5.82 Å². The van der Waals surface area contributed by atoms with Gasteiger partial charge in [0.2, 0.25) is 0 Å². The maximum absolute atomic E-state index is 12.8. The molecule has 5 heteroatoms. The summed E-state index contributed by atoms with van der Waals surface area (Å²) in [5.74, 6) is 1.13. The van der Waals surface area contributed by atoms with Crippen LogP contribution in [0.1, 0.15) is 10.4 Å². The number of aromatic nitrogens is 1. The molecule has 2 N–H and O–H groups in total. The minimum absolute atomic E-state index is 0.198. The summed E-state index contributed by atoms with van der Waals surface area (Å²) in [6, 6.07) is 24.5. The molecule has 0 fully saturated rings. The van der Waals surface area contributed by atoms with E-state index in [0.717, 1.165) is 27.8 Å². The van der Waals surface area contributed by atoms with Gasteiger partial charge in [-0.25, -0.2) is 0 Å². The molecule has 0 aliphatic carbocycles. The summed E-state index contributed by atoms with van der Waals surface area (Å²) in [5, 5.41) is 3.93. The number of hydrogen-bond donors (Lipinski definition) is 2. The molecule has 0 aliphatic heterocycles. The molecule has 28 heavy (non-hydrogen) atoms. The normalized spacial score (nSPS) is 10.6. The molecule has 4 aromatic rings. The fourth-order valence-corrected chi connectivity index (χ4v) is 3.54. The maximum atomic E-state index is 12.8. The van der Waals surface area contributed by atoms with Crippen molar-refractivity contribution in [2.24, 2.45) is 0 Å². The molecule has 138 valence electrons. The van der Waals surface area contributed by atoms with Gasteiger partial charge in [0.25, 0.3) is 5.91 Å². The SMILES string of the molecule is COc1ccc(-c2c(NC(=O)c3ccccc3)[nH]c3ccccc3c2=S)cc1. The summed E-state index contributed by atoms with van der Waals surface area (Å²) in [6.45, 7) is 0. The summed E-state index contributed by atoms with van der Waals surface area (Å²) in [6.07, 6.45) is 0. The Labute approximate surface area is 167 Å². The molecule has 0 bridgehead atoms. The third-order valence-corrected chi connectivity index (χ3v) is 4.99. The highest BCUT2D eigenvalue weighted by molar-refractivity contribution is 7.71. The largest absolute Gasteiger partial charge is 0.497 e. The number of carbonyl (C=O) groups excluding carboxylic acids is 1. The van der Waals surface area contributed by atoms with Crippen molar-refractivity contribution in [3.8, 4) is 16.9 Å². The number of nitrogens with one attached hydrogen (secondary N) is 2. The van der Waals surface area contributed by atoms with Crippen molar-refractivity contribution < 1.29 is 9.53 Å². The highest BCUT2D eigenvalue weighted by atomic mass is 32.1. The number of aromatic amines is 1. The van der Waals surface area contributed by atoms with E-state index >= 15 is 0 Å². The molecule has 0 saturated heterocycles. The van der Waals surface area contributed by atoms with Crippen LogP contribution in [0.2, 0.25) is 0 Å². The molecule has 1 heterocycles. The minimum Gasteiger partial charge on any atom is -0.497 e. The van der Waals surface area contributed by atoms with Crippen molar-refractivity contribution >= 4 is 34.8 Å². The lowest BCUT2D eigenvalue weighted by molar-refractivity contribution is 0.102. The van der Waals surface area contributed by atoms with E-state index in [2.05, 4.69) is 10.3 Å². The zero-order valence-corrected chi connectivity index (χ0v) is 16.0. The van der Waals surface area contributed by atoms with Crippen molar-refractivity contribution in [1.82, 2.24) is 4.98 Å². The Morgan fingerprint density at radius 2 is 1.61 bits per heavy atom. The van der Waals surface area contributed by atoms with Gasteiger partial charge in [0.1, 0.15) is 11.6 Å². The van der Waals surface area contributed by atoms with Crippen LogP contribution >= 0.6 is 12.2 Å². The van der Waals surface area contributed by atoms with Crippen molar-refractivity contribution in [3.63, 3.8) is 0 Å². The molecule has 0 unspecified atom stereocenters. The van der Waals surface area contributed by atoms with Crippen molar-refractivity contribution in [3.05, 3.63) is 88.9 Å². The summed E-state index contributed by atoms with van der Waals surface area (Å²) in [7, 11) is 1.63. The summed E-state index contributed by atoms with van der Waals surface area (Å²) in [5.41, 5.74) is 3.13. The van der Waals surface area contributed by atoms with Gasteiger partial charge in [0, 0.05) is 22.0 Å². The fraction of sp³-hybridized carbons (Fsp3) is 0.0435. The van der Waals surface area contributed by atoms with Crippen LogP contribution in [0.15, 0.2) is 78.9 Å². The van der Waals surface area contributed by atoms with Crippen molar-refractivity contribution in [1.29, 1.82) is 0 Å². The maximum Gasteiger partial charge on any atom is 0.256 e. The number of methoxy groups -OCH3 is 1. The van der Waals surface area contributed by atoms with E-state index in [0.29, 0.717) is 15.9 Å². The predicted molar refractivity (Wildman–Crippen MR) is 116 cm³/mol. The Balaban J connectivity index is 1.88. The van der Waals surface area contributed by atoms with Gasteiger partial charge in [0.15, 0.2) is 0 Å². The first-order chi connectivity index (χ1) is 13.7. The highest BCUT2D eigenvalue weighted by Gasteiger charge is 2.15. The van der Waals surface area contributed by atoms with E-state index in [1.807, 2.05) is 66.7 Å². The zero-order chi connectivity index (χ0) is 19.5. The number of benzene rings is 3. The van der Waals surface area contributed by atoms with E-state index in [1.165, 1.54) is 0 Å². The molecule has 1 amide bonds. The lowest BCUT2D eigenvalue weighted by Crippen LogP contribution is -2.14. The number of carbonyl (C=O) groups is 1. The minimum atomic E-state index is -0.198. The highest BCUT2D eigenvalue weighted by Crippen LogP contribution is 2.33. The molecule has 1 aromatic heterocycles. The summed E-state index contributed by atoms with van der Waals surface area (Å²) >= 11 is 5.79. The Hall–Kier alpha value is -3.44. The van der Waals surface area contributed by atoms with Gasteiger partial charge in [-0.15, -0.1) is 0 Å². The van der Waals surface area contributed by atoms with Crippen LogP contribution in [0, 0.1) is 4.51 Å². The molecule has 0 radical (unpaired) electrons. The third-order valence-electron chi connectivity index (χ3n) is 4.56. The standard InChI is InChI=1S/C23H18N2O2S/c1-27-17-13-11-15(12-14-17)20-21(28)18-9-5-6-10-19(18)24-22(20)25-23(26)16-7-3-2-4-8-16/h2-14H,1H3,(H2,24,25,26,28). The number of anilines is 1. The average Bonchev–Trinajstić information content (AvgIpc) is 2.75. The van der Waals surface area contributed by atoms with E-state index in [4.69, 9.17) is 17.0 Å². The quantitative estimate of drug-likeness (QED) is 0.434. The predicted octanol–water partition coefficient (Wildman–Crippen LogP) is 5.83. The van der Waals surface area contributed by atoms with Gasteiger partial charge in [-0.05, 0) is 35.9 Å². The van der Waals surface area contributed by atoms with Gasteiger partial charge < -0.3 is 15.0 Å². The summed E-state index contributed by atoms with van der Waals surface area (Å²) < 4.78 is 5.94. The van der Waals surface area contributed by atoms with Gasteiger partial charge in [0.05, 0.1) is 11.6 Å². The number of rotatable bonds is 4. The van der Waals surface area contributed by atoms with Gasteiger partial charge in [-0.3, -0.25) is 4.79 Å². The van der Waals surface area contributed by atoms with E-state index in [1.54, 1.807) is 19.2 Å². The Bertz CT molecular complexity index is 1200. The van der Waals surface area contributed by atoms with Crippen LogP contribution in [-0.4, -0.2) is 18.0 Å². The molecule has 4 nitrogen and oxygen atoms in total. The lowest BCUT2D eigenvalue weighted by Gasteiger charge is -2.14. The smallest absolute Gasteiger partial charge is 0.256 e. The number of H-pyrrole nitrogens is 1. The molecule has 0 aliphatic rings. The topological polar surface area (TPSA) is 54.1 Å². The number of hydrogen-bond acceptors (Lipinski definition) is 3. The first kappa shape index (κ1) is 17.9. The molecule has 3 aromatic carbocycles. The second-order valence-electron chi connectivity index (χ2n) is 6.30. The molecular weight excluding hydrogens is 368 g/mol. The molecule has 4 rings (SSSR count). The zero-order valence-electron chi connectivity index (χ0n) is 15.2. The van der Waals surface area contributed by atoms with Gasteiger partial charge in [-0.1, -0.05) is 60.7 Å². The third kappa shape index (κ3) is 3.40. The van der Waals surface area contributed by atoms with E-state index in [-0.39, 0.29) is 5.91 Å². The molecule has 0 spiro atoms. The van der Waals surface area contributed by atoms with Crippen LogP contribution in [-0.2, 0) is 0 Å². The molecule has 0 atom stereocenters. The van der Waals surface area contributed by atoms with Crippen molar-refractivity contribution in [2.75, 3.05) is 12.4 Å². The fourth-order valence-electron chi connectivity index (χ4n) is 3.14. The number of amides is 1. The number of ether oxygens (including phenoxy) is 1. The molecular formula is C23H18N2O2S. The second kappa shape index (κ2) is 7.66. The van der Waals surface area contributed by atoms with Crippen molar-refractivity contribution in [2.45, 2.75) is 0 Å². The van der Waals surface area contributed by atoms with Gasteiger partial charge >= 0.3 is 0 Å². The summed E-state index contributed by atoms with van der Waals surface area (Å²) in [4.78, 5) is 16.1. The van der Waals surface area contributed by atoms with E-state index < -0.39 is 0 Å². The number of pyridine rings is 1. The van der Waals surface area contributed by atoms with Crippen LogP contribution in [0.5, 0.6) is 5.75 Å². The van der Waals surface area contributed by atoms with Crippen LogP contribution in [0.25, 0.3) is 22.0 Å². The number of para-hydroxylation sites is 1. The second-order valence-corrected chi connectivity index (χ2v) is 6.71. The lowest BCUT2D eigenvalue weighted by atomic mass is 10.0. The number of fused-ring (bicyclic) bond motifs is 1. The first-order valence-electron chi connectivity index (χ1n) is 8.83. The first-order valence-corrected chi connectivity index (χ1v) is 9.24. The van der Waals surface area contributed by atoms with E-state index in [9.17, 15) is 4.79 Å². The van der Waals surface area contributed by atoms with Gasteiger partial charge in [-0.2, -0.15) is 0 Å². The monoisotopic (exact) mass is 386 g/mol. The Morgan fingerprint density at radius 3 is 2.32 bits per heavy atom. The Morgan fingerprint density at radius 1 is 0.929 bits per heavy atom. The average molecular weight is 386 g/mol. The van der Waals surface area contributed by atoms with Crippen LogP contribution in [0.3, 0.4) is 0 Å². The molecule has 0 saturated carbocycles.